The van der Waals surface area contributed by atoms with E-state index in [-0.39, 0.29) is 12.0 Å². The van der Waals surface area contributed by atoms with Crippen LogP contribution in [0.2, 0.25) is 0 Å². The molecule has 0 fully saturated rings. The zero-order valence-corrected chi connectivity index (χ0v) is 11.7. The highest BCUT2D eigenvalue weighted by molar-refractivity contribution is 5.48. The average Bonchev–Trinajstić information content (AvgIpc) is 2.48. The first-order valence-corrected chi connectivity index (χ1v) is 6.47. The van der Waals surface area contributed by atoms with Crippen LogP contribution < -0.4 is 4.74 Å². The molecule has 22 heavy (non-hydrogen) atoms. The molecule has 0 N–H and O–H groups in total. The summed E-state index contributed by atoms with van der Waals surface area (Å²) in [6.45, 7) is 1.75. The lowest BCUT2D eigenvalue weighted by molar-refractivity contribution is -0.395. The lowest BCUT2D eigenvalue weighted by Crippen LogP contribution is -2.16. The van der Waals surface area contributed by atoms with Gasteiger partial charge in [0.15, 0.2) is 0 Å². The van der Waals surface area contributed by atoms with E-state index in [0.29, 0.717) is 6.42 Å². The lowest BCUT2D eigenvalue weighted by atomic mass is 10.1. The Kier molecular flexibility index (Phi) is 4.62. The molecule has 8 heteroatoms. The molecule has 2 aromatic rings. The maximum atomic E-state index is 11.0. The molecule has 0 aliphatic heterocycles. The van der Waals surface area contributed by atoms with Crippen molar-refractivity contribution in [1.29, 1.82) is 0 Å². The Labute approximate surface area is 125 Å². The molecule has 0 spiro atoms. The molecule has 1 atom stereocenters. The number of rotatable bonds is 6. The molecule has 0 aliphatic carbocycles. The minimum absolute atomic E-state index is 0.223. The molecule has 0 saturated heterocycles. The van der Waals surface area contributed by atoms with Gasteiger partial charge >= 0.3 is 5.69 Å². The van der Waals surface area contributed by atoms with E-state index in [1.807, 2.05) is 30.3 Å². The van der Waals surface area contributed by atoms with Gasteiger partial charge in [0.25, 0.3) is 11.6 Å². The number of benzene rings is 1. The van der Waals surface area contributed by atoms with Gasteiger partial charge in [-0.15, -0.1) is 0 Å². The third-order valence-electron chi connectivity index (χ3n) is 2.90. The summed E-state index contributed by atoms with van der Waals surface area (Å²) in [7, 11) is 0. The fraction of sp³-hybridized carbons (Fsp3) is 0.214. The zero-order chi connectivity index (χ0) is 16.1. The molecule has 0 saturated carbocycles. The third kappa shape index (κ3) is 3.75. The van der Waals surface area contributed by atoms with Crippen molar-refractivity contribution in [2.45, 2.75) is 19.4 Å². The summed E-state index contributed by atoms with van der Waals surface area (Å²) in [6, 6.07) is 10.3. The largest absolute Gasteiger partial charge is 0.469 e. The van der Waals surface area contributed by atoms with Crippen LogP contribution in [0.1, 0.15) is 12.5 Å². The van der Waals surface area contributed by atoms with Crippen molar-refractivity contribution < 1.29 is 14.6 Å². The quantitative estimate of drug-likeness (QED) is 0.599. The van der Waals surface area contributed by atoms with Gasteiger partial charge in [-0.3, -0.25) is 20.2 Å². The normalized spacial score (nSPS) is 11.7. The fourth-order valence-electron chi connectivity index (χ4n) is 1.93. The van der Waals surface area contributed by atoms with Gasteiger partial charge in [0.1, 0.15) is 18.4 Å². The monoisotopic (exact) mass is 303 g/mol. The number of aromatic nitrogens is 1. The predicted octanol–water partition coefficient (Wildman–Crippen LogP) is 2.91. The van der Waals surface area contributed by atoms with Gasteiger partial charge in [-0.2, -0.15) is 0 Å². The number of ether oxygens (including phenoxy) is 1. The zero-order valence-electron chi connectivity index (χ0n) is 11.7. The Balaban J connectivity index is 2.18. The predicted molar refractivity (Wildman–Crippen MR) is 77.8 cm³/mol. The highest BCUT2D eigenvalue weighted by atomic mass is 16.6. The van der Waals surface area contributed by atoms with E-state index >= 15 is 0 Å². The number of nitrogens with zero attached hydrogens (tertiary/aromatic N) is 3. The number of hydrogen-bond acceptors (Lipinski definition) is 6. The van der Waals surface area contributed by atoms with Crippen molar-refractivity contribution in [3.63, 3.8) is 0 Å². The number of nitro groups is 2. The summed E-state index contributed by atoms with van der Waals surface area (Å²) >= 11 is 0. The summed E-state index contributed by atoms with van der Waals surface area (Å²) in [5, 5.41) is 21.7. The molecule has 1 aromatic heterocycles. The van der Waals surface area contributed by atoms with Gasteiger partial charge in [-0.25, -0.2) is 4.98 Å². The van der Waals surface area contributed by atoms with Crippen LogP contribution in [0.25, 0.3) is 0 Å². The van der Waals surface area contributed by atoms with Crippen LogP contribution in [-0.2, 0) is 6.42 Å². The minimum atomic E-state index is -0.745. The first-order valence-electron chi connectivity index (χ1n) is 6.47. The average molecular weight is 303 g/mol. The van der Waals surface area contributed by atoms with E-state index < -0.39 is 21.2 Å². The molecule has 8 nitrogen and oxygen atoms in total. The molecule has 0 aliphatic rings. The SMILES string of the molecule is CC(Cc1ccccc1)Oc1ncc([N+](=O)[O-])cc1[N+](=O)[O-]. The van der Waals surface area contributed by atoms with Crippen molar-refractivity contribution in [3.05, 3.63) is 68.4 Å². The van der Waals surface area contributed by atoms with Crippen molar-refractivity contribution in [2.75, 3.05) is 0 Å². The van der Waals surface area contributed by atoms with E-state index in [2.05, 4.69) is 4.98 Å². The van der Waals surface area contributed by atoms with E-state index in [9.17, 15) is 20.2 Å². The first-order chi connectivity index (χ1) is 10.5. The smallest absolute Gasteiger partial charge is 0.337 e. The molecule has 1 heterocycles. The van der Waals surface area contributed by atoms with Crippen molar-refractivity contribution in [1.82, 2.24) is 4.98 Å². The highest BCUT2D eigenvalue weighted by Crippen LogP contribution is 2.29. The minimum Gasteiger partial charge on any atom is -0.469 e. The second-order valence-corrected chi connectivity index (χ2v) is 4.65. The van der Waals surface area contributed by atoms with E-state index in [4.69, 9.17) is 4.74 Å². The summed E-state index contributed by atoms with van der Waals surface area (Å²) in [6.07, 6.45) is 1.11. The fourth-order valence-corrected chi connectivity index (χ4v) is 1.93. The summed E-state index contributed by atoms with van der Waals surface area (Å²) in [5.41, 5.74) is 0.0449. The maximum Gasteiger partial charge on any atom is 0.337 e. The molecular weight excluding hydrogens is 290 g/mol. The van der Waals surface area contributed by atoms with E-state index in [1.165, 1.54) is 0 Å². The van der Waals surface area contributed by atoms with Crippen molar-refractivity contribution >= 4 is 11.4 Å². The van der Waals surface area contributed by atoms with Crippen LogP contribution in [0, 0.1) is 20.2 Å². The van der Waals surface area contributed by atoms with Crippen LogP contribution in [0.15, 0.2) is 42.6 Å². The first kappa shape index (κ1) is 15.4. The van der Waals surface area contributed by atoms with Crippen molar-refractivity contribution in [3.8, 4) is 5.88 Å². The Morgan fingerprint density at radius 2 is 1.86 bits per heavy atom. The van der Waals surface area contributed by atoms with Crippen LogP contribution in [0.3, 0.4) is 0 Å². The third-order valence-corrected chi connectivity index (χ3v) is 2.90. The van der Waals surface area contributed by atoms with Crippen LogP contribution in [-0.4, -0.2) is 20.9 Å². The highest BCUT2D eigenvalue weighted by Gasteiger charge is 2.23. The Hall–Kier alpha value is -3.03. The molecule has 0 radical (unpaired) electrons. The van der Waals surface area contributed by atoms with E-state index in [0.717, 1.165) is 17.8 Å². The molecule has 0 amide bonds. The van der Waals surface area contributed by atoms with Gasteiger partial charge in [0.2, 0.25) is 0 Å². The second-order valence-electron chi connectivity index (χ2n) is 4.65. The van der Waals surface area contributed by atoms with Gasteiger partial charge in [-0.05, 0) is 12.5 Å². The number of pyridine rings is 1. The van der Waals surface area contributed by atoms with E-state index in [1.54, 1.807) is 6.92 Å². The summed E-state index contributed by atoms with van der Waals surface area (Å²) in [5.74, 6) is -0.223. The van der Waals surface area contributed by atoms with Gasteiger partial charge in [0.05, 0.1) is 9.85 Å². The second kappa shape index (κ2) is 6.61. The lowest BCUT2D eigenvalue weighted by Gasteiger charge is -2.13. The Morgan fingerprint density at radius 3 is 2.45 bits per heavy atom. The standard InChI is InChI=1S/C14H13N3O5/c1-10(7-11-5-3-2-4-6-11)22-14-13(17(20)21)8-12(9-15-14)16(18)19/h2-6,8-10H,7H2,1H3. The summed E-state index contributed by atoms with van der Waals surface area (Å²) < 4.78 is 5.47. The summed E-state index contributed by atoms with van der Waals surface area (Å²) in [4.78, 5) is 23.9. The van der Waals surface area contributed by atoms with Gasteiger partial charge in [-0.1, -0.05) is 30.3 Å². The van der Waals surface area contributed by atoms with Gasteiger partial charge < -0.3 is 4.74 Å². The number of hydrogen-bond donors (Lipinski definition) is 0. The molecular formula is C14H13N3O5. The molecule has 1 aromatic carbocycles. The van der Waals surface area contributed by atoms with Crippen molar-refractivity contribution in [2.24, 2.45) is 0 Å². The molecule has 1 unspecified atom stereocenters. The topological polar surface area (TPSA) is 108 Å². The maximum absolute atomic E-state index is 11.0. The molecule has 0 bridgehead atoms. The van der Waals surface area contributed by atoms with Gasteiger partial charge in [0, 0.05) is 6.42 Å². The molecule has 2 rings (SSSR count). The molecule has 114 valence electrons. The Morgan fingerprint density at radius 1 is 1.18 bits per heavy atom. The van der Waals surface area contributed by atoms with Crippen LogP contribution >= 0.6 is 0 Å². The van der Waals surface area contributed by atoms with Crippen LogP contribution in [0.4, 0.5) is 11.4 Å². The van der Waals surface area contributed by atoms with Crippen LogP contribution in [0.5, 0.6) is 5.88 Å². The Bertz CT molecular complexity index is 690.